The number of carbonyl (C=O) groups excluding carboxylic acids is 8. The molecule has 10 heterocycles. The van der Waals surface area contributed by atoms with Crippen LogP contribution >= 0.6 is 122 Å². The van der Waals surface area contributed by atoms with Crippen LogP contribution in [0.15, 0.2) is 83.6 Å². The summed E-state index contributed by atoms with van der Waals surface area (Å²) in [7, 11) is 15.2. The van der Waals surface area contributed by atoms with Crippen LogP contribution in [0.3, 0.4) is 0 Å². The number of Topliss-reactive ketones (excluding diaryl/α,β-unsaturated/α-hetero) is 1. The third-order valence-corrected chi connectivity index (χ3v) is 59.5. The molecule has 52 heteroatoms. The van der Waals surface area contributed by atoms with Gasteiger partial charge in [0, 0.05) is 169 Å². The second-order valence-corrected chi connectivity index (χ2v) is 69.2. The molecule has 8 N–H and O–H groups in total. The van der Waals surface area contributed by atoms with Crippen LogP contribution in [0.1, 0.15) is 236 Å². The summed E-state index contributed by atoms with van der Waals surface area (Å²) in [6.45, 7) is 45.7. The number of hydrogen-bond donors (Lipinski definition) is 5. The van der Waals surface area contributed by atoms with Crippen LogP contribution in [0.2, 0.25) is 15.1 Å². The van der Waals surface area contributed by atoms with Crippen molar-refractivity contribution in [1.29, 1.82) is 0 Å². The maximum Gasteiger partial charge on any atom is 0.519 e. The Kier molecular flexibility index (Phi) is 64.8. The van der Waals surface area contributed by atoms with Gasteiger partial charge in [0.1, 0.15) is 28.0 Å². The summed E-state index contributed by atoms with van der Waals surface area (Å²) in [6, 6.07) is 23.8. The summed E-state index contributed by atoms with van der Waals surface area (Å²) >= 11 is 47.4. The number of piperidine rings is 3. The Labute approximate surface area is 955 Å². The van der Waals surface area contributed by atoms with Crippen molar-refractivity contribution in [2.24, 2.45) is 35.0 Å². The third-order valence-electron chi connectivity index (χ3n) is 22.7. The number of anilines is 2. The van der Waals surface area contributed by atoms with Crippen LogP contribution < -0.4 is 37.6 Å². The molecule has 2 aromatic heterocycles. The fraction of sp³-hybridized carbons (Fsp3) is 0.656. The SMILES string of the molecule is CC(C)(C)OC(=O)N1CCCC(C(N)=O)C1.CC(C)(C)OC(=O)N1CCCC(C(N)=S)C1.CC(C)(C)OC(=O)N1CCCN(c2nc(C3(c4cccc(Cl)c4)CCOCC3)cs2)C1.CC(C)(C)OC(=O)OC(=O)OC(C)(C)C.CCOCC.Cl.Clc1cccc(C2(c3csc(N4CCCNC4)n3)CCOCC2)c1.NC(=O)C1CCCNC1.O=C(CCl)C1(c2cccc(Cl)c2)CCOCC1.S=PP(P=S)P=S=S=S=S=S=S=S=S. The van der Waals surface area contributed by atoms with Crippen molar-refractivity contribution in [2.75, 3.05) is 147 Å². The van der Waals surface area contributed by atoms with Gasteiger partial charge in [0.2, 0.25) is 11.8 Å². The molecule has 30 nitrogen and oxygen atoms in total. The molecule has 0 aliphatic carbocycles. The number of ketones is 1. The number of hydrogen-bond acceptors (Lipinski definition) is 30. The summed E-state index contributed by atoms with van der Waals surface area (Å²) in [4.78, 5) is 112. The monoisotopic (exact) mass is 2470 g/mol. The van der Waals surface area contributed by atoms with Crippen molar-refractivity contribution >= 4 is 283 Å². The highest BCUT2D eigenvalue weighted by Crippen LogP contribution is 2.70. The zero-order chi connectivity index (χ0) is 109. The number of primary amides is 2. The lowest BCUT2D eigenvalue weighted by molar-refractivity contribution is -0.126. The van der Waals surface area contributed by atoms with Gasteiger partial charge in [0.25, 0.3) is 0 Å². The average molecular weight is 2480 g/mol. The minimum absolute atomic E-state index is 0. The number of nitrogens with zero attached hydrogens (tertiary/aromatic N) is 7. The number of amides is 5. The fourth-order valence-corrected chi connectivity index (χ4v) is 54.0. The highest BCUT2D eigenvalue weighted by Gasteiger charge is 2.44. The number of alkyl halides is 1. The van der Waals surface area contributed by atoms with E-state index in [1.807, 2.05) is 134 Å². The van der Waals surface area contributed by atoms with Gasteiger partial charge in [-0.05, 0) is 348 Å². The first kappa shape index (κ1) is 137. The predicted molar refractivity (Wildman–Crippen MR) is 638 cm³/mol. The van der Waals surface area contributed by atoms with Crippen molar-refractivity contribution in [3.05, 3.63) is 127 Å². The molecule has 8 fully saturated rings. The van der Waals surface area contributed by atoms with Crippen molar-refractivity contribution in [2.45, 2.75) is 252 Å². The molecule has 148 heavy (non-hydrogen) atoms. The Morgan fingerprint density at radius 1 is 0.514 bits per heavy atom. The Bertz CT molecular complexity index is 5290. The molecule has 0 spiro atoms. The van der Waals surface area contributed by atoms with Crippen LogP contribution in [-0.4, -0.2) is 243 Å². The summed E-state index contributed by atoms with van der Waals surface area (Å²) in [5, 5.41) is 15.2. The van der Waals surface area contributed by atoms with E-state index in [1.54, 1.807) is 123 Å². The van der Waals surface area contributed by atoms with Gasteiger partial charge in [-0.25, -0.2) is 33.9 Å². The zero-order valence-corrected chi connectivity index (χ0v) is 105. The Morgan fingerprint density at radius 2 is 0.912 bits per heavy atom. The molecule has 8 aliphatic heterocycles. The lowest BCUT2D eigenvalue weighted by Gasteiger charge is -2.37. The summed E-state index contributed by atoms with van der Waals surface area (Å²) in [5.41, 5.74) is 17.9. The van der Waals surface area contributed by atoms with Gasteiger partial charge in [-0.2, -0.15) is 0 Å². The fourth-order valence-electron chi connectivity index (χ4n) is 15.8. The lowest BCUT2D eigenvalue weighted by atomic mass is 9.71. The molecule has 13 rings (SSSR count). The molecule has 0 saturated carbocycles. The number of aromatic nitrogens is 2. The highest BCUT2D eigenvalue weighted by atomic mass is 35.5. The van der Waals surface area contributed by atoms with Gasteiger partial charge in [-0.15, -0.1) is 46.7 Å². The van der Waals surface area contributed by atoms with Gasteiger partial charge >= 0.3 is 30.6 Å². The molecule has 5 aromatic rings. The average Bonchev–Trinajstić information content (AvgIpc) is 1.62. The molecule has 8 saturated heterocycles. The van der Waals surface area contributed by atoms with Crippen molar-refractivity contribution < 1.29 is 85.7 Å². The molecule has 8 aliphatic rings. The van der Waals surface area contributed by atoms with Gasteiger partial charge < -0.3 is 89.5 Å². The van der Waals surface area contributed by atoms with Crippen LogP contribution in [0, 0.1) is 17.8 Å². The molecule has 0 radical (unpaired) electrons. The van der Waals surface area contributed by atoms with E-state index in [9.17, 15) is 38.4 Å². The second kappa shape index (κ2) is 70.2. The van der Waals surface area contributed by atoms with Crippen LogP contribution in [-0.2, 0) is 176 Å². The zero-order valence-electron chi connectivity index (χ0n) is 87.3. The summed E-state index contributed by atoms with van der Waals surface area (Å²) in [6.07, 6.45) is 9.55. The number of nitrogens with one attached hydrogen (secondary N) is 2. The number of nitrogens with two attached hydrogens (primary N) is 3. The van der Waals surface area contributed by atoms with E-state index < -0.39 is 45.7 Å². The number of rotatable bonds is 17. The number of thiocarbonyl (C=S) groups is 1. The number of thiazole rings is 2. The number of benzene rings is 3. The Balaban J connectivity index is 0.000000357. The minimum Gasteiger partial charge on any atom is -0.444 e. The minimum atomic E-state index is -1.06. The van der Waals surface area contributed by atoms with Gasteiger partial charge in [-0.1, -0.05) is 107 Å². The summed E-state index contributed by atoms with van der Waals surface area (Å²) < 4.78 is 51.4. The maximum absolute atomic E-state index is 12.5. The first-order valence-corrected chi connectivity index (χ1v) is 70.7. The van der Waals surface area contributed by atoms with Crippen molar-refractivity contribution in [3.8, 4) is 0 Å². The first-order chi connectivity index (χ1) is 69.4. The van der Waals surface area contributed by atoms with E-state index in [-0.39, 0.29) is 89.7 Å². The third kappa shape index (κ3) is 51.8. The maximum atomic E-state index is 12.5. The van der Waals surface area contributed by atoms with Crippen LogP contribution in [0.5, 0.6) is 0 Å². The highest BCUT2D eigenvalue weighted by molar-refractivity contribution is 8.87. The molecule has 3 aromatic carbocycles. The standard InChI is InChI=1S/C23H30ClN3O3S.C18H22ClN3OS.C13H14Cl2O2.C11H20N2O3.C11H20N2O2S.C10H18O5.C6H12N2O.C4H10O.ClH.P4S10/c1-22(2,3)30-21(28)27-11-5-10-26(16-27)20-25-19(15-31-20)23(8-12-29-13-9-23)17-6-4-7-18(24)14-17;19-15-4-1-3-14(11-15)18(5-9-23-10-6-18)16-12-24-17(21-16)22-8-2-7-20-13-22;14-9-12(16)13(4-6-17-7-5-13)10-2-1-3-11(15)8-10;1-11(2,3)16-10(15)13-6-4-5-8(7-13)9(12)14;1-11(2,3)15-10(14)13-6-4-5-8(7-13)9(12)16;1-9(2,3)14-7(11)13-8(12)15-10(4,5)6;7-6(9)5-2-1-3-8-4-5;1-3-5-4-2;;5-1-4(2-6)3-8-10-12-14-13-11-9-7/h4,6-7,14-15H,5,8-13,16H2,1-3H3;1,3-4,11-12,20H,2,5-10,13H2;1-3,8H,4-7,9H2;8H,4-7H2,1-3H3,(H2,12,14);8H,4-7H2,1-3H3,(H2,12,16);1-6H3;5,8H,1-4H2,(H2,7,9);3-4H2,1-2H3;1H;. The van der Waals surface area contributed by atoms with Gasteiger partial charge in [0.05, 0.1) is 59.8 Å². The number of carbonyl (C=O) groups is 8. The number of ether oxygens (including phenoxy) is 10. The predicted octanol–water partition coefficient (Wildman–Crippen LogP) is 22.4. The van der Waals surface area contributed by atoms with E-state index in [2.05, 4.69) is 60.2 Å². The van der Waals surface area contributed by atoms with Gasteiger partial charge in [-0.3, -0.25) is 24.6 Å². The number of likely N-dealkylation sites (tertiary alicyclic amines) is 2. The van der Waals surface area contributed by atoms with Crippen molar-refractivity contribution in [1.82, 2.24) is 35.3 Å². The van der Waals surface area contributed by atoms with Crippen LogP contribution in [0.4, 0.5) is 34.2 Å². The molecular formula is C96H147Cl5N12O18P4S13. The topological polar surface area (TPSA) is 373 Å². The van der Waals surface area contributed by atoms with E-state index >= 15 is 0 Å². The normalized spacial score (nSPS) is 18.6. The van der Waals surface area contributed by atoms with Gasteiger partial charge in [0.15, 0.2) is 16.0 Å². The molecule has 3 atom stereocenters. The number of halogens is 5. The van der Waals surface area contributed by atoms with Crippen molar-refractivity contribution in [3.63, 3.8) is 0 Å². The Morgan fingerprint density at radius 3 is 1.30 bits per heavy atom. The van der Waals surface area contributed by atoms with E-state index in [0.29, 0.717) is 82.1 Å². The molecule has 5 amide bonds. The summed E-state index contributed by atoms with van der Waals surface area (Å²) in [5.74, 6) is -0.427. The smallest absolute Gasteiger partial charge is 0.444 e. The largest absolute Gasteiger partial charge is 0.519 e. The first-order valence-electron chi connectivity index (χ1n) is 48.3. The van der Waals surface area contributed by atoms with E-state index in [4.69, 9.17) is 163 Å². The van der Waals surface area contributed by atoms with E-state index in [1.165, 1.54) is 39.2 Å². The molecule has 832 valence electrons. The molecular weight excluding hydrogens is 2330 g/mol. The lowest BCUT2D eigenvalue weighted by Crippen LogP contribution is -2.49. The van der Waals surface area contributed by atoms with Crippen LogP contribution in [0.25, 0.3) is 0 Å². The van der Waals surface area contributed by atoms with E-state index in [0.717, 1.165) is 189 Å². The quantitative estimate of drug-likeness (QED) is 0.0144. The Hall–Kier alpha value is -3.69. The molecule has 3 unspecified atom stereocenters. The second-order valence-electron chi connectivity index (χ2n) is 39.6. The molecule has 0 bridgehead atoms.